The van der Waals surface area contributed by atoms with Crippen LogP contribution in [0.5, 0.6) is 0 Å². The Morgan fingerprint density at radius 2 is 1.72 bits per heavy atom. The first-order chi connectivity index (χ1) is 14.0. The van der Waals surface area contributed by atoms with Crippen molar-refractivity contribution in [2.45, 2.75) is 75.3 Å². The van der Waals surface area contributed by atoms with Crippen LogP contribution in [0.1, 0.15) is 63.4 Å². The molecule has 0 radical (unpaired) electrons. The van der Waals surface area contributed by atoms with Crippen LogP contribution >= 0.6 is 0 Å². The van der Waals surface area contributed by atoms with Gasteiger partial charge in [0.25, 0.3) is 0 Å². The van der Waals surface area contributed by atoms with Crippen molar-refractivity contribution in [3.63, 3.8) is 0 Å². The molecule has 0 saturated heterocycles. The minimum Gasteiger partial charge on any atom is -0.353 e. The van der Waals surface area contributed by atoms with Crippen molar-refractivity contribution in [1.29, 1.82) is 5.26 Å². The Hall–Kier alpha value is -2.12. The fraction of sp³-hybridized carbons (Fsp3) is 0.600. The number of amides is 1. The van der Waals surface area contributed by atoms with Crippen molar-refractivity contribution in [2.24, 2.45) is 23.0 Å². The molecule has 5 aliphatic carbocycles. The Kier molecular flexibility index (Phi) is 4.55. The first-order valence-corrected chi connectivity index (χ1v) is 11.3. The van der Waals surface area contributed by atoms with Crippen LogP contribution in [0.15, 0.2) is 42.0 Å². The molecule has 5 aliphatic rings. The molecule has 0 heterocycles. The van der Waals surface area contributed by atoms with E-state index < -0.39 is 0 Å². The lowest BCUT2D eigenvalue weighted by atomic mass is 9.41. The molecule has 0 aliphatic heterocycles. The highest BCUT2D eigenvalue weighted by Gasteiger charge is 2.62. The Bertz CT molecular complexity index is 842. The number of carbonyl (C=O) groups excluding carboxylic acids is 1. The van der Waals surface area contributed by atoms with E-state index in [0.29, 0.717) is 17.9 Å². The van der Waals surface area contributed by atoms with E-state index in [1.807, 2.05) is 0 Å². The average Bonchev–Trinajstić information content (AvgIpc) is 2.72. The Morgan fingerprint density at radius 1 is 1.07 bits per heavy atom. The van der Waals surface area contributed by atoms with E-state index in [1.165, 1.54) is 11.1 Å². The minimum atomic E-state index is -0.284. The van der Waals surface area contributed by atoms with Gasteiger partial charge >= 0.3 is 0 Å². The standard InChI is InChI=1S/C25H31N3O/c26-11-10-22-17-12-24(19-4-2-1-3-5-19)13-18(22)15-25(14-17,16-24)23(29)28-21-8-6-20(27)7-9-21/h1-5,10,17-18,20-21H,6-9,12-16,27H2,(H,28,29)/t17?,18?,20-,21-,24?,25?. The predicted octanol–water partition coefficient (Wildman–Crippen LogP) is 3.97. The fourth-order valence-corrected chi connectivity index (χ4v) is 7.25. The largest absolute Gasteiger partial charge is 0.353 e. The lowest BCUT2D eigenvalue weighted by Gasteiger charge is -2.62. The summed E-state index contributed by atoms with van der Waals surface area (Å²) in [5, 5.41) is 12.8. The van der Waals surface area contributed by atoms with E-state index in [2.05, 4.69) is 41.7 Å². The first kappa shape index (κ1) is 18.9. The van der Waals surface area contributed by atoms with Crippen molar-refractivity contribution in [3.8, 4) is 6.07 Å². The monoisotopic (exact) mass is 389 g/mol. The number of nitrogens with zero attached hydrogens (tertiary/aromatic N) is 1. The number of allylic oxidation sites excluding steroid dienone is 2. The quantitative estimate of drug-likeness (QED) is 0.768. The van der Waals surface area contributed by atoms with Crippen LogP contribution in [0.3, 0.4) is 0 Å². The lowest BCUT2D eigenvalue weighted by molar-refractivity contribution is -0.145. The zero-order valence-electron chi connectivity index (χ0n) is 17.1. The molecule has 4 bridgehead atoms. The van der Waals surface area contributed by atoms with E-state index in [9.17, 15) is 10.1 Å². The zero-order chi connectivity index (χ0) is 20.1. The van der Waals surface area contributed by atoms with Crippen LogP contribution in [0.25, 0.3) is 0 Å². The SMILES string of the molecule is N#CC=C1C2CC3(C(=O)N[C@H]4CC[C@H](N)CC4)CC1CC(c1ccccc1)(C2)C3. The highest BCUT2D eigenvalue weighted by atomic mass is 16.2. The second kappa shape index (κ2) is 6.99. The second-order valence-electron chi connectivity index (χ2n) is 10.2. The molecule has 5 saturated carbocycles. The van der Waals surface area contributed by atoms with Gasteiger partial charge in [0, 0.05) is 18.2 Å². The third-order valence-corrected chi connectivity index (χ3v) is 8.37. The van der Waals surface area contributed by atoms with Crippen LogP contribution in [-0.4, -0.2) is 18.0 Å². The number of nitrogens with one attached hydrogen (secondary N) is 1. The van der Waals surface area contributed by atoms with E-state index in [-0.39, 0.29) is 22.8 Å². The van der Waals surface area contributed by atoms with E-state index in [0.717, 1.165) is 57.8 Å². The molecule has 3 N–H and O–H groups in total. The highest BCUT2D eigenvalue weighted by molar-refractivity contribution is 5.84. The van der Waals surface area contributed by atoms with Crippen molar-refractivity contribution in [1.82, 2.24) is 5.32 Å². The highest BCUT2D eigenvalue weighted by Crippen LogP contribution is 2.67. The molecule has 2 atom stereocenters. The Morgan fingerprint density at radius 3 is 2.34 bits per heavy atom. The summed E-state index contributed by atoms with van der Waals surface area (Å²) >= 11 is 0. The summed E-state index contributed by atoms with van der Waals surface area (Å²) in [6, 6.07) is 13.7. The lowest BCUT2D eigenvalue weighted by Crippen LogP contribution is -2.60. The van der Waals surface area contributed by atoms with Crippen LogP contribution in [-0.2, 0) is 10.2 Å². The van der Waals surface area contributed by atoms with Crippen molar-refractivity contribution >= 4 is 5.91 Å². The van der Waals surface area contributed by atoms with E-state index >= 15 is 0 Å². The number of hydrogen-bond donors (Lipinski definition) is 2. The first-order valence-electron chi connectivity index (χ1n) is 11.3. The number of nitriles is 1. The predicted molar refractivity (Wildman–Crippen MR) is 113 cm³/mol. The van der Waals surface area contributed by atoms with Gasteiger partial charge < -0.3 is 11.1 Å². The topological polar surface area (TPSA) is 78.9 Å². The summed E-state index contributed by atoms with van der Waals surface area (Å²) in [5.74, 6) is 0.993. The van der Waals surface area contributed by atoms with Crippen LogP contribution in [0.2, 0.25) is 0 Å². The van der Waals surface area contributed by atoms with Gasteiger partial charge in [0.05, 0.1) is 11.5 Å². The molecule has 4 heteroatoms. The third kappa shape index (κ3) is 3.11. The van der Waals surface area contributed by atoms with Gasteiger partial charge in [-0.1, -0.05) is 35.9 Å². The summed E-state index contributed by atoms with van der Waals surface area (Å²) in [4.78, 5) is 13.7. The molecule has 0 spiro atoms. The smallest absolute Gasteiger partial charge is 0.226 e. The van der Waals surface area contributed by atoms with Gasteiger partial charge in [-0.05, 0) is 80.6 Å². The molecule has 1 aromatic carbocycles. The summed E-state index contributed by atoms with van der Waals surface area (Å²) < 4.78 is 0. The summed E-state index contributed by atoms with van der Waals surface area (Å²) in [5.41, 5.74) is 8.54. The molecule has 1 aromatic rings. The molecule has 6 rings (SSSR count). The Labute approximate surface area is 173 Å². The number of rotatable bonds is 3. The van der Waals surface area contributed by atoms with Gasteiger partial charge in [0.1, 0.15) is 0 Å². The molecule has 4 nitrogen and oxygen atoms in total. The van der Waals surface area contributed by atoms with Crippen molar-refractivity contribution in [2.75, 3.05) is 0 Å². The molecule has 0 aromatic heterocycles. The van der Waals surface area contributed by atoms with Gasteiger partial charge in [-0.2, -0.15) is 5.26 Å². The number of carbonyl (C=O) groups is 1. The number of hydrogen-bond acceptors (Lipinski definition) is 3. The van der Waals surface area contributed by atoms with Crippen molar-refractivity contribution in [3.05, 3.63) is 47.5 Å². The van der Waals surface area contributed by atoms with Gasteiger partial charge in [0.2, 0.25) is 5.91 Å². The van der Waals surface area contributed by atoms with Gasteiger partial charge in [-0.25, -0.2) is 0 Å². The molecule has 2 unspecified atom stereocenters. The molecule has 5 fully saturated rings. The fourth-order valence-electron chi connectivity index (χ4n) is 7.25. The summed E-state index contributed by atoms with van der Waals surface area (Å²) in [6.07, 6.45) is 10.7. The van der Waals surface area contributed by atoms with Gasteiger partial charge in [-0.3, -0.25) is 4.79 Å². The maximum atomic E-state index is 13.7. The van der Waals surface area contributed by atoms with E-state index in [4.69, 9.17) is 5.73 Å². The number of benzene rings is 1. The molecular weight excluding hydrogens is 358 g/mol. The second-order valence-corrected chi connectivity index (χ2v) is 10.2. The third-order valence-electron chi connectivity index (χ3n) is 8.37. The molecular formula is C25H31N3O. The zero-order valence-corrected chi connectivity index (χ0v) is 17.1. The molecule has 29 heavy (non-hydrogen) atoms. The van der Waals surface area contributed by atoms with Crippen LogP contribution in [0, 0.1) is 28.6 Å². The molecule has 1 amide bonds. The number of nitrogens with two attached hydrogens (primary N) is 1. The van der Waals surface area contributed by atoms with Gasteiger partial charge in [0.15, 0.2) is 0 Å². The van der Waals surface area contributed by atoms with Crippen LogP contribution in [0.4, 0.5) is 0 Å². The normalized spacial score (nSPS) is 40.3. The minimum absolute atomic E-state index is 0.0755. The summed E-state index contributed by atoms with van der Waals surface area (Å²) in [6.45, 7) is 0. The Balaban J connectivity index is 1.45. The van der Waals surface area contributed by atoms with Crippen molar-refractivity contribution < 1.29 is 4.79 Å². The van der Waals surface area contributed by atoms with Crippen LogP contribution < -0.4 is 11.1 Å². The summed E-state index contributed by atoms with van der Waals surface area (Å²) in [7, 11) is 0. The average molecular weight is 390 g/mol. The maximum absolute atomic E-state index is 13.7. The van der Waals surface area contributed by atoms with Gasteiger partial charge in [-0.15, -0.1) is 0 Å². The molecule has 152 valence electrons. The maximum Gasteiger partial charge on any atom is 0.226 e. The van der Waals surface area contributed by atoms with E-state index in [1.54, 1.807) is 6.08 Å².